The maximum Gasteiger partial charge on any atom is 0.371 e. The maximum absolute atomic E-state index is 11.9. The predicted molar refractivity (Wildman–Crippen MR) is 69.4 cm³/mol. The smallest absolute Gasteiger partial charge is 0.371 e. The van der Waals surface area contributed by atoms with Gasteiger partial charge in [0.15, 0.2) is 0 Å². The van der Waals surface area contributed by atoms with Crippen molar-refractivity contribution >= 4 is 11.9 Å². The average molecular weight is 277 g/mol. The molecule has 0 radical (unpaired) electrons. The van der Waals surface area contributed by atoms with Crippen LogP contribution < -0.4 is 5.32 Å². The van der Waals surface area contributed by atoms with Crippen LogP contribution in [0.5, 0.6) is 0 Å². The number of hydrogen-bond donors (Lipinski definition) is 2. The number of carbonyl (C=O) groups excluding carboxylic acids is 1. The largest absolute Gasteiger partial charge is 0.475 e. The van der Waals surface area contributed by atoms with E-state index in [4.69, 9.17) is 9.52 Å². The first-order valence-electron chi connectivity index (χ1n) is 6.22. The van der Waals surface area contributed by atoms with Crippen molar-refractivity contribution in [1.29, 1.82) is 0 Å². The monoisotopic (exact) mass is 277 g/mol. The van der Waals surface area contributed by atoms with E-state index in [0.29, 0.717) is 11.3 Å². The van der Waals surface area contributed by atoms with Gasteiger partial charge in [0.2, 0.25) is 5.76 Å². The fraction of sp³-hybridized carbons (Fsp3) is 0.308. The summed E-state index contributed by atoms with van der Waals surface area (Å²) in [4.78, 5) is 22.5. The Bertz CT molecular complexity index is 615. The number of hydrogen-bond acceptors (Lipinski definition) is 4. The second kappa shape index (κ2) is 6.05. The van der Waals surface area contributed by atoms with E-state index in [1.54, 1.807) is 10.9 Å². The normalized spacial score (nSPS) is 10.4. The van der Waals surface area contributed by atoms with Crippen LogP contribution in [0.1, 0.15) is 40.0 Å². The molecule has 7 nitrogen and oxygen atoms in total. The minimum absolute atomic E-state index is 0.130. The molecule has 2 heterocycles. The minimum atomic E-state index is -1.14. The Balaban J connectivity index is 1.91. The lowest BCUT2D eigenvalue weighted by Gasteiger charge is -2.00. The molecule has 2 aromatic heterocycles. The third-order valence-electron chi connectivity index (χ3n) is 2.64. The molecule has 0 saturated carbocycles. The van der Waals surface area contributed by atoms with Gasteiger partial charge in [0.1, 0.15) is 5.76 Å². The summed E-state index contributed by atoms with van der Waals surface area (Å²) >= 11 is 0. The van der Waals surface area contributed by atoms with Gasteiger partial charge in [-0.3, -0.25) is 9.48 Å². The summed E-state index contributed by atoms with van der Waals surface area (Å²) in [5.41, 5.74) is 0.462. The Morgan fingerprint density at radius 2 is 2.25 bits per heavy atom. The second-order valence-electron chi connectivity index (χ2n) is 4.25. The quantitative estimate of drug-likeness (QED) is 0.834. The Hall–Kier alpha value is -2.57. The summed E-state index contributed by atoms with van der Waals surface area (Å²) in [7, 11) is 0. The molecule has 106 valence electrons. The van der Waals surface area contributed by atoms with Gasteiger partial charge in [-0.15, -0.1) is 0 Å². The fourth-order valence-electron chi connectivity index (χ4n) is 1.69. The van der Waals surface area contributed by atoms with Gasteiger partial charge in [-0.25, -0.2) is 4.79 Å². The molecule has 20 heavy (non-hydrogen) atoms. The minimum Gasteiger partial charge on any atom is -0.475 e. The number of amides is 1. The first-order chi connectivity index (χ1) is 9.60. The molecule has 0 aliphatic carbocycles. The van der Waals surface area contributed by atoms with E-state index in [1.165, 1.54) is 18.3 Å². The highest BCUT2D eigenvalue weighted by atomic mass is 16.4. The highest BCUT2D eigenvalue weighted by Gasteiger charge is 2.11. The van der Waals surface area contributed by atoms with Crippen molar-refractivity contribution in [2.75, 3.05) is 0 Å². The van der Waals surface area contributed by atoms with E-state index in [0.717, 1.165) is 13.0 Å². The van der Waals surface area contributed by atoms with Gasteiger partial charge in [0.05, 0.1) is 18.3 Å². The lowest BCUT2D eigenvalue weighted by molar-refractivity contribution is 0.0660. The van der Waals surface area contributed by atoms with Gasteiger partial charge < -0.3 is 14.8 Å². The van der Waals surface area contributed by atoms with Crippen LogP contribution in [0.15, 0.2) is 28.9 Å². The molecule has 0 aliphatic rings. The standard InChI is InChI=1S/C13H15N3O4/c1-2-5-16-8-9(6-15-16)12(17)14-7-10-3-4-11(20-10)13(18)19/h3-4,6,8H,2,5,7H2,1H3,(H,14,17)(H,18,19). The van der Waals surface area contributed by atoms with Crippen LogP contribution in [0, 0.1) is 0 Å². The summed E-state index contributed by atoms with van der Waals surface area (Å²) in [6.07, 6.45) is 4.10. The topological polar surface area (TPSA) is 97.4 Å². The lowest BCUT2D eigenvalue weighted by atomic mass is 10.3. The van der Waals surface area contributed by atoms with Gasteiger partial charge in [-0.2, -0.15) is 5.10 Å². The van der Waals surface area contributed by atoms with Crippen molar-refractivity contribution in [3.05, 3.63) is 41.6 Å². The predicted octanol–water partition coefficient (Wildman–Crippen LogP) is 1.51. The van der Waals surface area contributed by atoms with Gasteiger partial charge >= 0.3 is 5.97 Å². The molecule has 2 rings (SSSR count). The van der Waals surface area contributed by atoms with Gasteiger partial charge in [-0.1, -0.05) is 6.92 Å². The van der Waals surface area contributed by atoms with Crippen molar-refractivity contribution in [2.45, 2.75) is 26.4 Å². The Kier molecular flexibility index (Phi) is 4.19. The zero-order valence-corrected chi connectivity index (χ0v) is 11.0. The summed E-state index contributed by atoms with van der Waals surface area (Å²) in [5, 5.41) is 15.4. The van der Waals surface area contributed by atoms with Crippen molar-refractivity contribution in [2.24, 2.45) is 0 Å². The van der Waals surface area contributed by atoms with Crippen LogP contribution in [-0.4, -0.2) is 26.8 Å². The molecule has 0 atom stereocenters. The molecule has 0 bridgehead atoms. The number of furan rings is 1. The van der Waals surface area contributed by atoms with E-state index in [2.05, 4.69) is 10.4 Å². The van der Waals surface area contributed by atoms with Crippen LogP contribution in [0.25, 0.3) is 0 Å². The number of rotatable bonds is 6. The third kappa shape index (κ3) is 3.25. The second-order valence-corrected chi connectivity index (χ2v) is 4.25. The van der Waals surface area contributed by atoms with Crippen LogP contribution in [0.3, 0.4) is 0 Å². The fourth-order valence-corrected chi connectivity index (χ4v) is 1.69. The van der Waals surface area contributed by atoms with Gasteiger partial charge in [0.25, 0.3) is 5.91 Å². The van der Waals surface area contributed by atoms with E-state index >= 15 is 0 Å². The number of aromatic carboxylic acids is 1. The molecule has 0 fully saturated rings. The van der Waals surface area contributed by atoms with E-state index in [1.807, 2.05) is 6.92 Å². The third-order valence-corrected chi connectivity index (χ3v) is 2.64. The van der Waals surface area contributed by atoms with Crippen LogP contribution in [0.4, 0.5) is 0 Å². The highest BCUT2D eigenvalue weighted by molar-refractivity contribution is 5.93. The van der Waals surface area contributed by atoms with Gasteiger partial charge in [-0.05, 0) is 18.6 Å². The molecule has 0 aromatic carbocycles. The van der Waals surface area contributed by atoms with E-state index in [9.17, 15) is 9.59 Å². The van der Waals surface area contributed by atoms with E-state index < -0.39 is 5.97 Å². The van der Waals surface area contributed by atoms with Crippen LogP contribution >= 0.6 is 0 Å². The zero-order chi connectivity index (χ0) is 14.5. The molecule has 0 saturated heterocycles. The molecular weight excluding hydrogens is 262 g/mol. The Morgan fingerprint density at radius 1 is 1.45 bits per heavy atom. The SMILES string of the molecule is CCCn1cc(C(=O)NCc2ccc(C(=O)O)o2)cn1. The summed E-state index contributed by atoms with van der Waals surface area (Å²) in [5.74, 6) is -1.18. The molecule has 0 spiro atoms. The van der Waals surface area contributed by atoms with Crippen LogP contribution in [0.2, 0.25) is 0 Å². The molecular formula is C13H15N3O4. The lowest BCUT2D eigenvalue weighted by Crippen LogP contribution is -2.22. The molecule has 2 N–H and O–H groups in total. The van der Waals surface area contributed by atoms with Crippen LogP contribution in [-0.2, 0) is 13.1 Å². The van der Waals surface area contributed by atoms with Crippen molar-refractivity contribution in [3.8, 4) is 0 Å². The summed E-state index contributed by atoms with van der Waals surface area (Å²) < 4.78 is 6.74. The van der Waals surface area contributed by atoms with Crippen molar-refractivity contribution < 1.29 is 19.1 Å². The van der Waals surface area contributed by atoms with Crippen molar-refractivity contribution in [3.63, 3.8) is 0 Å². The van der Waals surface area contributed by atoms with E-state index in [-0.39, 0.29) is 18.2 Å². The molecule has 0 aliphatic heterocycles. The molecule has 2 aromatic rings. The first-order valence-corrected chi connectivity index (χ1v) is 6.22. The number of aromatic nitrogens is 2. The number of carboxylic acid groups (broad SMARTS) is 1. The molecule has 0 unspecified atom stereocenters. The molecule has 7 heteroatoms. The highest BCUT2D eigenvalue weighted by Crippen LogP contribution is 2.08. The maximum atomic E-state index is 11.9. The molecule has 1 amide bonds. The summed E-state index contributed by atoms with van der Waals surface area (Å²) in [6.45, 7) is 2.91. The van der Waals surface area contributed by atoms with Gasteiger partial charge in [0, 0.05) is 12.7 Å². The average Bonchev–Trinajstić information content (AvgIpc) is 3.05. The number of nitrogens with one attached hydrogen (secondary N) is 1. The zero-order valence-electron chi connectivity index (χ0n) is 11.0. The summed E-state index contributed by atoms with van der Waals surface area (Å²) in [6, 6.07) is 2.87. The van der Waals surface area contributed by atoms with Crippen molar-refractivity contribution in [1.82, 2.24) is 15.1 Å². The number of carbonyl (C=O) groups is 2. The first kappa shape index (κ1) is 13.9. The number of aryl methyl sites for hydroxylation is 1. The Labute approximate surface area is 115 Å². The number of carboxylic acids is 1. The number of nitrogens with zero attached hydrogens (tertiary/aromatic N) is 2. The Morgan fingerprint density at radius 3 is 2.90 bits per heavy atom.